The second-order valence-electron chi connectivity index (χ2n) is 0. The van der Waals surface area contributed by atoms with E-state index in [-0.39, 0.29) is 156 Å². The summed E-state index contributed by atoms with van der Waals surface area (Å²) in [4.78, 5) is 0. The van der Waals surface area contributed by atoms with E-state index in [0.717, 1.165) is 0 Å². The minimum Gasteiger partial charge on any atom is -1.00 e. The molecule has 0 fully saturated rings. The first-order valence-electron chi connectivity index (χ1n) is 0. The topological polar surface area (TPSA) is 0 Å². The van der Waals surface area contributed by atoms with Gasteiger partial charge in [-0.3, -0.25) is 0 Å². The van der Waals surface area contributed by atoms with Gasteiger partial charge in [-0.1, -0.05) is 0 Å². The molecule has 0 amide bonds. The quantitative estimate of drug-likeness (QED) is 0.461. The van der Waals surface area contributed by atoms with E-state index in [0.29, 0.717) is 0 Å². The van der Waals surface area contributed by atoms with Gasteiger partial charge in [0.05, 0.1) is 0 Å². The van der Waals surface area contributed by atoms with Gasteiger partial charge in [0.25, 0.3) is 0 Å². The monoisotopic (exact) mass is 363 g/mol. The minimum atomic E-state index is 0. The van der Waals surface area contributed by atoms with Gasteiger partial charge in [-0.25, -0.2) is 0 Å². The fourth-order valence-electron chi connectivity index (χ4n) is 0. The van der Waals surface area contributed by atoms with Gasteiger partial charge in [0.2, 0.25) is 0 Å². The van der Waals surface area contributed by atoms with E-state index in [9.17, 15) is 0 Å². The Hall–Kier alpha value is 4.82. The van der Waals surface area contributed by atoms with Crippen LogP contribution in [0.5, 0.6) is 0 Å². The normalized spacial score (nSPS) is 0. The standard InChI is InChI=1S/Al.Ba.Mn.Sr.Ti.7H/q;+2;;+2;;;;;4*-1. The number of rotatable bonds is 0. The molecule has 0 atom stereocenters. The van der Waals surface area contributed by atoms with Crippen LogP contribution in [-0.4, -0.2) is 112 Å². The molecule has 0 aromatic heterocycles. The van der Waals surface area contributed by atoms with Crippen LogP contribution in [0.25, 0.3) is 0 Å². The van der Waals surface area contributed by atoms with Crippen LogP contribution in [0, 0.1) is 0 Å². The molecule has 25 valence electrons. The smallest absolute Gasteiger partial charge is 1.00 e. The largest absolute Gasteiger partial charge is 2.00 e. The Balaban J connectivity index is 0. The predicted octanol–water partition coefficient (Wildman–Crippen LogP) is -1.50. The molecule has 0 aromatic rings. The zero-order valence-electron chi connectivity index (χ0n) is 6.29. The van der Waals surface area contributed by atoms with Crippen molar-refractivity contribution in [2.45, 2.75) is 0 Å². The Kier molecular flexibility index (Phi) is 153. The van der Waals surface area contributed by atoms with E-state index >= 15 is 0 Å². The van der Waals surface area contributed by atoms with E-state index in [1.165, 1.54) is 0 Å². The molecule has 0 aromatic carbocycles. The summed E-state index contributed by atoms with van der Waals surface area (Å²) in [7, 11) is 0. The maximum absolute atomic E-state index is 0. The van der Waals surface area contributed by atoms with Crippen LogP contribution in [0.4, 0.5) is 0 Å². The maximum Gasteiger partial charge on any atom is 2.00 e. The summed E-state index contributed by atoms with van der Waals surface area (Å²) in [5, 5.41) is 0. The second-order valence-corrected chi connectivity index (χ2v) is 0. The fraction of sp³-hybridized carbons (Fsp3) is 0. The first kappa shape index (κ1) is 32.9. The Morgan fingerprint density at radius 3 is 1.20 bits per heavy atom. The Morgan fingerprint density at radius 2 is 1.20 bits per heavy atom. The number of hydrogen-bond acceptors (Lipinski definition) is 0. The molecule has 5 heavy (non-hydrogen) atoms. The van der Waals surface area contributed by atoms with Crippen LogP contribution in [0.3, 0.4) is 0 Å². The molecule has 0 aliphatic carbocycles. The van der Waals surface area contributed by atoms with Crippen LogP contribution < -0.4 is 0 Å². The van der Waals surface area contributed by atoms with Crippen LogP contribution in [0.15, 0.2) is 0 Å². The molecule has 1 radical (unpaired) electrons. The Labute approximate surface area is 152 Å². The molecular formula is H7AlBaMnSrTi. The van der Waals surface area contributed by atoms with Gasteiger partial charge in [0.15, 0.2) is 17.4 Å². The van der Waals surface area contributed by atoms with Gasteiger partial charge in [-0.05, 0) is 0 Å². The van der Waals surface area contributed by atoms with Crippen molar-refractivity contribution in [1.82, 2.24) is 0 Å². The zero-order chi connectivity index (χ0) is 0. The summed E-state index contributed by atoms with van der Waals surface area (Å²) in [6, 6.07) is 0. The van der Waals surface area contributed by atoms with Crippen LogP contribution in [-0.2, 0) is 38.8 Å². The van der Waals surface area contributed by atoms with Crippen molar-refractivity contribution in [3.8, 4) is 0 Å². The summed E-state index contributed by atoms with van der Waals surface area (Å²) >= 11 is 0. The van der Waals surface area contributed by atoms with Crippen molar-refractivity contribution in [3.63, 3.8) is 0 Å². The molecule has 0 bridgehead atoms. The molecule has 0 saturated heterocycles. The third-order valence-electron chi connectivity index (χ3n) is 0. The van der Waals surface area contributed by atoms with Gasteiger partial charge in [-0.15, -0.1) is 0 Å². The third kappa shape index (κ3) is 17.7. The van der Waals surface area contributed by atoms with Gasteiger partial charge < -0.3 is 5.71 Å². The average Bonchev–Trinajstić information content (AvgIpc) is 0. The van der Waals surface area contributed by atoms with E-state index in [1.54, 1.807) is 0 Å². The molecule has 0 aliphatic rings. The molecule has 0 heterocycles. The second kappa shape index (κ2) is 23.2. The van der Waals surface area contributed by atoms with E-state index in [2.05, 4.69) is 0 Å². The summed E-state index contributed by atoms with van der Waals surface area (Å²) < 4.78 is 0. The van der Waals surface area contributed by atoms with Crippen molar-refractivity contribution < 1.29 is 44.5 Å². The molecule has 0 unspecified atom stereocenters. The molecule has 0 aliphatic heterocycles. The van der Waals surface area contributed by atoms with Gasteiger partial charge in [-0.2, -0.15) is 0 Å². The number of hydrogen-bond donors (Lipinski definition) is 0. The molecule has 0 spiro atoms. The van der Waals surface area contributed by atoms with Crippen molar-refractivity contribution in [3.05, 3.63) is 0 Å². The van der Waals surface area contributed by atoms with Crippen LogP contribution in [0.1, 0.15) is 5.71 Å². The predicted molar refractivity (Wildman–Crippen MR) is 25.9 cm³/mol. The van der Waals surface area contributed by atoms with Crippen molar-refractivity contribution in [1.29, 1.82) is 0 Å². The first-order chi connectivity index (χ1) is 0. The summed E-state index contributed by atoms with van der Waals surface area (Å²) in [5.41, 5.74) is 0. The molecular weight excluding hydrogens is 355 g/mol. The molecule has 5 heteroatoms. The van der Waals surface area contributed by atoms with Gasteiger partial charge >= 0.3 is 94.4 Å². The Morgan fingerprint density at radius 1 is 1.20 bits per heavy atom. The SMILES string of the molecule is [AlH3].[Ba+2].[H-].[H-].[H-].[H-].[Mn].[Sr+2].[Ti]. The minimum absolute atomic E-state index is 0. The first-order valence-corrected chi connectivity index (χ1v) is 0. The average molecular weight is 362 g/mol. The van der Waals surface area contributed by atoms with E-state index in [4.69, 9.17) is 0 Å². The zero-order valence-corrected chi connectivity index (χ0v) is 13.0. The van der Waals surface area contributed by atoms with Gasteiger partial charge in [0.1, 0.15) is 0 Å². The molecule has 0 N–H and O–H groups in total. The Bertz CT molecular complexity index is 20.5. The van der Waals surface area contributed by atoms with Crippen LogP contribution in [0.2, 0.25) is 0 Å². The van der Waals surface area contributed by atoms with Crippen LogP contribution >= 0.6 is 0 Å². The maximum atomic E-state index is 0. The van der Waals surface area contributed by atoms with Crippen molar-refractivity contribution in [2.75, 3.05) is 0 Å². The fourth-order valence-corrected chi connectivity index (χ4v) is 0. The molecule has 0 rings (SSSR count). The third-order valence-corrected chi connectivity index (χ3v) is 0. The molecule has 0 saturated carbocycles. The summed E-state index contributed by atoms with van der Waals surface area (Å²) in [6.45, 7) is 0. The van der Waals surface area contributed by atoms with E-state index in [1.807, 2.05) is 0 Å². The van der Waals surface area contributed by atoms with Crippen molar-refractivity contribution >= 4 is 112 Å². The summed E-state index contributed by atoms with van der Waals surface area (Å²) in [6.07, 6.45) is 0. The molecule has 0 nitrogen and oxygen atoms in total. The van der Waals surface area contributed by atoms with Gasteiger partial charge in [0, 0.05) is 38.8 Å². The van der Waals surface area contributed by atoms with Crippen molar-refractivity contribution in [2.24, 2.45) is 0 Å². The van der Waals surface area contributed by atoms with E-state index < -0.39 is 0 Å². The summed E-state index contributed by atoms with van der Waals surface area (Å²) in [5.74, 6) is 0.